The summed E-state index contributed by atoms with van der Waals surface area (Å²) >= 11 is 0. The number of aromatic nitrogens is 2. The van der Waals surface area contributed by atoms with Crippen LogP contribution in [0.2, 0.25) is 0 Å². The molecule has 0 aliphatic heterocycles. The van der Waals surface area contributed by atoms with Crippen LogP contribution in [0, 0.1) is 0 Å². The number of nitrogens with zero attached hydrogens (tertiary/aromatic N) is 1. The van der Waals surface area contributed by atoms with E-state index in [0.717, 1.165) is 18.5 Å². The molecule has 0 unspecified atom stereocenters. The average molecular weight is 245 g/mol. The molecule has 0 fully saturated rings. The quantitative estimate of drug-likeness (QED) is 0.805. The minimum Gasteiger partial charge on any atom is -0.366 e. The third kappa shape index (κ3) is 1.88. The van der Waals surface area contributed by atoms with Crippen LogP contribution in [0.5, 0.6) is 0 Å². The van der Waals surface area contributed by atoms with Crippen molar-refractivity contribution < 1.29 is 9.59 Å². The first-order chi connectivity index (χ1) is 8.56. The largest absolute Gasteiger partial charge is 0.366 e. The van der Waals surface area contributed by atoms with Crippen LogP contribution in [0.4, 0.5) is 0 Å². The van der Waals surface area contributed by atoms with Gasteiger partial charge in [-0.25, -0.2) is 4.98 Å². The Balaban J connectivity index is 2.83. The highest BCUT2D eigenvalue weighted by Crippen LogP contribution is 2.25. The molecule has 5 nitrogen and oxygen atoms in total. The van der Waals surface area contributed by atoms with E-state index in [1.54, 1.807) is 6.07 Å². The Morgan fingerprint density at radius 1 is 1.44 bits per heavy atom. The minimum absolute atomic E-state index is 0.0831. The smallest absolute Gasteiger partial charge is 0.249 e. The highest BCUT2D eigenvalue weighted by atomic mass is 16.1. The fraction of sp³-hybridized carbons (Fsp3) is 0.308. The van der Waals surface area contributed by atoms with Crippen molar-refractivity contribution in [3.63, 3.8) is 0 Å². The fourth-order valence-electron chi connectivity index (χ4n) is 2.20. The SMILES string of the molecule is CCCc1[nH]c2nccc(C(N)=O)c2c1C(C)=O. The number of nitrogens with two attached hydrogens (primary N) is 1. The van der Waals surface area contributed by atoms with E-state index in [0.29, 0.717) is 22.2 Å². The van der Waals surface area contributed by atoms with Crippen LogP contribution >= 0.6 is 0 Å². The normalized spacial score (nSPS) is 10.8. The van der Waals surface area contributed by atoms with Crippen molar-refractivity contribution in [2.75, 3.05) is 0 Å². The number of aromatic amines is 1. The van der Waals surface area contributed by atoms with E-state index in [9.17, 15) is 9.59 Å². The van der Waals surface area contributed by atoms with Crippen molar-refractivity contribution in [2.45, 2.75) is 26.7 Å². The number of nitrogens with one attached hydrogen (secondary N) is 1. The number of ketones is 1. The molecule has 0 atom stereocenters. The lowest BCUT2D eigenvalue weighted by molar-refractivity contribution is 0.100. The van der Waals surface area contributed by atoms with Gasteiger partial charge in [0.05, 0.1) is 5.56 Å². The van der Waals surface area contributed by atoms with E-state index in [4.69, 9.17) is 5.73 Å². The number of H-pyrrole nitrogens is 1. The zero-order valence-corrected chi connectivity index (χ0v) is 10.4. The van der Waals surface area contributed by atoms with Crippen molar-refractivity contribution >= 4 is 22.7 Å². The van der Waals surface area contributed by atoms with E-state index < -0.39 is 5.91 Å². The van der Waals surface area contributed by atoms with Gasteiger partial charge in [0.25, 0.3) is 0 Å². The lowest BCUT2D eigenvalue weighted by atomic mass is 10.0. The van der Waals surface area contributed by atoms with Crippen molar-refractivity contribution in [3.8, 4) is 0 Å². The Kier molecular flexibility index (Phi) is 3.14. The molecule has 0 saturated carbocycles. The molecule has 0 bridgehead atoms. The first-order valence-corrected chi connectivity index (χ1v) is 5.86. The molecule has 1 amide bonds. The Morgan fingerprint density at radius 2 is 2.17 bits per heavy atom. The van der Waals surface area contributed by atoms with Gasteiger partial charge in [-0.2, -0.15) is 0 Å². The van der Waals surface area contributed by atoms with Crippen molar-refractivity contribution in [1.29, 1.82) is 0 Å². The number of hydrogen-bond acceptors (Lipinski definition) is 3. The number of Topliss-reactive ketones (excluding diaryl/α,β-unsaturated/α-hetero) is 1. The molecule has 2 aromatic rings. The molecular weight excluding hydrogens is 230 g/mol. The van der Waals surface area contributed by atoms with E-state index >= 15 is 0 Å². The van der Waals surface area contributed by atoms with Crippen molar-refractivity contribution in [3.05, 3.63) is 29.1 Å². The van der Waals surface area contributed by atoms with Crippen molar-refractivity contribution in [1.82, 2.24) is 9.97 Å². The molecule has 0 aliphatic carbocycles. The second-order valence-electron chi connectivity index (χ2n) is 4.23. The molecule has 2 rings (SSSR count). The highest BCUT2D eigenvalue weighted by molar-refractivity contribution is 6.15. The van der Waals surface area contributed by atoms with Crippen LogP contribution in [0.3, 0.4) is 0 Å². The Morgan fingerprint density at radius 3 is 2.72 bits per heavy atom. The summed E-state index contributed by atoms with van der Waals surface area (Å²) in [5.41, 5.74) is 7.58. The van der Waals surface area contributed by atoms with Gasteiger partial charge in [0, 0.05) is 22.8 Å². The van der Waals surface area contributed by atoms with Crippen LogP contribution < -0.4 is 5.73 Å². The second-order valence-corrected chi connectivity index (χ2v) is 4.23. The maximum Gasteiger partial charge on any atom is 0.249 e. The van der Waals surface area contributed by atoms with Crippen LogP contribution in [0.15, 0.2) is 12.3 Å². The third-order valence-electron chi connectivity index (χ3n) is 2.89. The number of aryl methyl sites for hydroxylation is 1. The number of pyridine rings is 1. The molecule has 5 heteroatoms. The van der Waals surface area contributed by atoms with E-state index in [2.05, 4.69) is 9.97 Å². The Labute approximate surface area is 104 Å². The maximum atomic E-state index is 11.8. The molecule has 0 radical (unpaired) electrons. The monoisotopic (exact) mass is 245 g/mol. The lowest BCUT2D eigenvalue weighted by Crippen LogP contribution is -2.12. The number of amides is 1. The van der Waals surface area contributed by atoms with Gasteiger partial charge >= 0.3 is 0 Å². The first kappa shape index (κ1) is 12.3. The average Bonchev–Trinajstić information content (AvgIpc) is 2.66. The van der Waals surface area contributed by atoms with Crippen LogP contribution in [0.1, 0.15) is 46.7 Å². The highest BCUT2D eigenvalue weighted by Gasteiger charge is 2.20. The Bertz CT molecular complexity index is 628. The maximum absolute atomic E-state index is 11.8. The van der Waals surface area contributed by atoms with Gasteiger partial charge in [-0.15, -0.1) is 0 Å². The van der Waals surface area contributed by atoms with Gasteiger partial charge in [0.1, 0.15) is 5.65 Å². The van der Waals surface area contributed by atoms with Gasteiger partial charge in [-0.3, -0.25) is 9.59 Å². The molecular formula is C13H15N3O2. The zero-order chi connectivity index (χ0) is 13.3. The molecule has 2 heterocycles. The molecule has 3 N–H and O–H groups in total. The first-order valence-electron chi connectivity index (χ1n) is 5.86. The van der Waals surface area contributed by atoms with E-state index in [-0.39, 0.29) is 5.78 Å². The Hall–Kier alpha value is -2.17. The van der Waals surface area contributed by atoms with Crippen molar-refractivity contribution in [2.24, 2.45) is 5.73 Å². The van der Waals surface area contributed by atoms with Crippen LogP contribution in [-0.4, -0.2) is 21.7 Å². The lowest BCUT2D eigenvalue weighted by Gasteiger charge is -2.01. The fourth-order valence-corrected chi connectivity index (χ4v) is 2.20. The molecule has 0 aliphatic rings. The number of primary amides is 1. The van der Waals surface area contributed by atoms with Gasteiger partial charge in [0.15, 0.2) is 5.78 Å². The number of rotatable bonds is 4. The number of carbonyl (C=O) groups excluding carboxylic acids is 2. The number of carbonyl (C=O) groups is 2. The minimum atomic E-state index is -0.549. The standard InChI is InChI=1S/C13H15N3O2/c1-3-4-9-10(7(2)17)11-8(12(14)18)5-6-15-13(11)16-9/h5-6H,3-4H2,1-2H3,(H2,14,18)(H,15,16). The van der Waals surface area contributed by atoms with E-state index in [1.807, 2.05) is 6.92 Å². The zero-order valence-electron chi connectivity index (χ0n) is 10.4. The summed E-state index contributed by atoms with van der Waals surface area (Å²) < 4.78 is 0. The molecule has 2 aromatic heterocycles. The van der Waals surface area contributed by atoms with Gasteiger partial charge in [-0.1, -0.05) is 13.3 Å². The summed E-state index contributed by atoms with van der Waals surface area (Å²) in [6, 6.07) is 1.54. The predicted octanol–water partition coefficient (Wildman–Crippen LogP) is 1.82. The molecule has 94 valence electrons. The predicted molar refractivity (Wildman–Crippen MR) is 68.6 cm³/mol. The topological polar surface area (TPSA) is 88.8 Å². The van der Waals surface area contributed by atoms with Crippen LogP contribution in [0.25, 0.3) is 11.0 Å². The molecule has 0 aromatic carbocycles. The summed E-state index contributed by atoms with van der Waals surface area (Å²) in [5.74, 6) is -0.632. The summed E-state index contributed by atoms with van der Waals surface area (Å²) in [7, 11) is 0. The van der Waals surface area contributed by atoms with Gasteiger partial charge in [-0.05, 0) is 19.4 Å². The third-order valence-corrected chi connectivity index (χ3v) is 2.89. The van der Waals surface area contributed by atoms with Gasteiger partial charge in [0.2, 0.25) is 5.91 Å². The summed E-state index contributed by atoms with van der Waals surface area (Å²) in [5, 5.41) is 0.543. The second kappa shape index (κ2) is 4.60. The molecule has 0 spiro atoms. The van der Waals surface area contributed by atoms with Crippen LogP contribution in [-0.2, 0) is 6.42 Å². The summed E-state index contributed by atoms with van der Waals surface area (Å²) in [4.78, 5) is 30.5. The molecule has 18 heavy (non-hydrogen) atoms. The molecule has 0 saturated heterocycles. The van der Waals surface area contributed by atoms with Gasteiger partial charge < -0.3 is 10.7 Å². The number of fused-ring (bicyclic) bond motifs is 1. The van der Waals surface area contributed by atoms with E-state index in [1.165, 1.54) is 13.1 Å². The summed E-state index contributed by atoms with van der Waals surface area (Å²) in [6.07, 6.45) is 3.15. The number of hydrogen-bond donors (Lipinski definition) is 2. The summed E-state index contributed by atoms with van der Waals surface area (Å²) in [6.45, 7) is 3.51.